The quantitative estimate of drug-likeness (QED) is 0.778. The van der Waals surface area contributed by atoms with E-state index in [9.17, 15) is 4.79 Å². The summed E-state index contributed by atoms with van der Waals surface area (Å²) < 4.78 is 5.17. The fourth-order valence-electron chi connectivity index (χ4n) is 2.30. The number of carbonyl (C=O) groups excluding carboxylic acids is 1. The number of aromatic nitrogens is 2. The van der Waals surface area contributed by atoms with E-state index >= 15 is 0 Å². The molecule has 0 saturated carbocycles. The van der Waals surface area contributed by atoms with Crippen LogP contribution in [-0.4, -0.2) is 23.0 Å². The first-order chi connectivity index (χ1) is 11.6. The average Bonchev–Trinajstić information content (AvgIpc) is 2.95. The number of methoxy groups -OCH3 is 1. The zero-order valence-corrected chi connectivity index (χ0v) is 14.5. The van der Waals surface area contributed by atoms with E-state index in [2.05, 4.69) is 15.3 Å². The van der Waals surface area contributed by atoms with E-state index in [0.717, 1.165) is 27.6 Å². The van der Waals surface area contributed by atoms with Gasteiger partial charge in [-0.3, -0.25) is 10.1 Å². The zero-order chi connectivity index (χ0) is 17.1. The molecule has 1 N–H and O–H groups in total. The molecule has 0 aliphatic heterocycles. The summed E-state index contributed by atoms with van der Waals surface area (Å²) in [4.78, 5) is 22.1. The third-order valence-corrected chi connectivity index (χ3v) is 4.39. The number of rotatable bonds is 4. The van der Waals surface area contributed by atoms with Gasteiger partial charge in [-0.15, -0.1) is 11.3 Å². The van der Waals surface area contributed by atoms with Crippen LogP contribution in [0, 0.1) is 13.8 Å². The number of aryl methyl sites for hydroxylation is 2. The summed E-state index contributed by atoms with van der Waals surface area (Å²) in [7, 11) is 1.63. The van der Waals surface area contributed by atoms with Crippen molar-refractivity contribution >= 4 is 22.4 Å². The first kappa shape index (κ1) is 16.1. The molecule has 1 amide bonds. The van der Waals surface area contributed by atoms with Gasteiger partial charge in [0, 0.05) is 16.1 Å². The number of nitrogens with zero attached hydrogens (tertiary/aromatic N) is 2. The van der Waals surface area contributed by atoms with Crippen LogP contribution in [0.1, 0.15) is 21.1 Å². The molecule has 6 heteroatoms. The molecular formula is C18H17N3O2S. The van der Waals surface area contributed by atoms with Gasteiger partial charge in [-0.1, -0.05) is 6.07 Å². The molecular weight excluding hydrogens is 322 g/mol. The Morgan fingerprint density at radius 3 is 2.50 bits per heavy atom. The molecule has 2 heterocycles. The van der Waals surface area contributed by atoms with E-state index in [0.29, 0.717) is 10.8 Å². The highest BCUT2D eigenvalue weighted by atomic mass is 32.1. The predicted octanol–water partition coefficient (Wildman–Crippen LogP) is 4.08. The molecule has 0 spiro atoms. The Kier molecular flexibility index (Phi) is 4.57. The van der Waals surface area contributed by atoms with Crippen molar-refractivity contribution in [3.63, 3.8) is 0 Å². The normalized spacial score (nSPS) is 10.5. The SMILES string of the molecule is COc1ccc(-c2nc(NC(=O)c3cccc(C)n3)sc2C)cc1. The molecule has 2 aromatic heterocycles. The van der Waals surface area contributed by atoms with Crippen molar-refractivity contribution in [2.24, 2.45) is 0 Å². The number of pyridine rings is 1. The number of hydrogen-bond acceptors (Lipinski definition) is 5. The first-order valence-electron chi connectivity index (χ1n) is 7.43. The van der Waals surface area contributed by atoms with Crippen molar-refractivity contribution in [3.8, 4) is 17.0 Å². The Hall–Kier alpha value is -2.73. The number of nitrogens with one attached hydrogen (secondary N) is 1. The summed E-state index contributed by atoms with van der Waals surface area (Å²) in [6.07, 6.45) is 0. The lowest BCUT2D eigenvalue weighted by Gasteiger charge is -2.02. The summed E-state index contributed by atoms with van der Waals surface area (Å²) in [6.45, 7) is 3.84. The number of thiazole rings is 1. The van der Waals surface area contributed by atoms with Crippen molar-refractivity contribution in [1.82, 2.24) is 9.97 Å². The number of benzene rings is 1. The lowest BCUT2D eigenvalue weighted by Crippen LogP contribution is -2.13. The zero-order valence-electron chi connectivity index (χ0n) is 13.7. The average molecular weight is 339 g/mol. The van der Waals surface area contributed by atoms with Crippen LogP contribution < -0.4 is 10.1 Å². The van der Waals surface area contributed by atoms with Gasteiger partial charge in [-0.25, -0.2) is 9.97 Å². The van der Waals surface area contributed by atoms with Crippen LogP contribution in [0.25, 0.3) is 11.3 Å². The fourth-order valence-corrected chi connectivity index (χ4v) is 3.13. The lowest BCUT2D eigenvalue weighted by atomic mass is 10.1. The molecule has 24 heavy (non-hydrogen) atoms. The van der Waals surface area contributed by atoms with Crippen molar-refractivity contribution in [1.29, 1.82) is 0 Å². The summed E-state index contributed by atoms with van der Waals surface area (Å²) in [6, 6.07) is 13.0. The second-order valence-corrected chi connectivity index (χ2v) is 6.47. The Balaban J connectivity index is 1.82. The maximum absolute atomic E-state index is 12.3. The number of hydrogen-bond donors (Lipinski definition) is 1. The molecule has 0 unspecified atom stereocenters. The second kappa shape index (κ2) is 6.80. The second-order valence-electron chi connectivity index (χ2n) is 5.27. The largest absolute Gasteiger partial charge is 0.497 e. The minimum atomic E-state index is -0.256. The first-order valence-corrected chi connectivity index (χ1v) is 8.25. The van der Waals surface area contributed by atoms with Crippen LogP contribution in [0.4, 0.5) is 5.13 Å². The molecule has 0 atom stereocenters. The van der Waals surface area contributed by atoms with Crippen molar-refractivity contribution in [3.05, 3.63) is 58.7 Å². The minimum absolute atomic E-state index is 0.256. The van der Waals surface area contributed by atoms with Gasteiger partial charge in [0.25, 0.3) is 5.91 Å². The van der Waals surface area contributed by atoms with E-state index in [-0.39, 0.29) is 5.91 Å². The highest BCUT2D eigenvalue weighted by Gasteiger charge is 2.14. The van der Waals surface area contributed by atoms with E-state index in [4.69, 9.17) is 4.74 Å². The molecule has 122 valence electrons. The predicted molar refractivity (Wildman–Crippen MR) is 95.8 cm³/mol. The van der Waals surface area contributed by atoms with Crippen LogP contribution in [0.2, 0.25) is 0 Å². The summed E-state index contributed by atoms with van der Waals surface area (Å²) in [5.41, 5.74) is 3.03. The number of carbonyl (C=O) groups is 1. The summed E-state index contributed by atoms with van der Waals surface area (Å²) in [5, 5.41) is 3.38. The maximum atomic E-state index is 12.3. The van der Waals surface area contributed by atoms with Crippen LogP contribution in [0.5, 0.6) is 5.75 Å². The monoisotopic (exact) mass is 339 g/mol. The Bertz CT molecular complexity index is 872. The Morgan fingerprint density at radius 2 is 1.83 bits per heavy atom. The lowest BCUT2D eigenvalue weighted by molar-refractivity contribution is 0.102. The molecule has 5 nitrogen and oxygen atoms in total. The highest BCUT2D eigenvalue weighted by molar-refractivity contribution is 7.16. The maximum Gasteiger partial charge on any atom is 0.276 e. The molecule has 0 bridgehead atoms. The van der Waals surface area contributed by atoms with Crippen LogP contribution in [-0.2, 0) is 0 Å². The summed E-state index contributed by atoms with van der Waals surface area (Å²) >= 11 is 1.44. The van der Waals surface area contributed by atoms with Gasteiger partial charge in [0.2, 0.25) is 0 Å². The Labute approximate surface area is 144 Å². The van der Waals surface area contributed by atoms with E-state index in [1.807, 2.05) is 50.2 Å². The molecule has 3 rings (SSSR count). The van der Waals surface area contributed by atoms with E-state index in [1.165, 1.54) is 11.3 Å². The molecule has 3 aromatic rings. The van der Waals surface area contributed by atoms with Crippen molar-refractivity contribution in [2.45, 2.75) is 13.8 Å². The fraction of sp³-hybridized carbons (Fsp3) is 0.167. The minimum Gasteiger partial charge on any atom is -0.497 e. The number of anilines is 1. The van der Waals surface area contributed by atoms with E-state index < -0.39 is 0 Å². The van der Waals surface area contributed by atoms with Gasteiger partial charge >= 0.3 is 0 Å². The van der Waals surface area contributed by atoms with Crippen LogP contribution in [0.15, 0.2) is 42.5 Å². The molecule has 1 aromatic carbocycles. The molecule has 0 aliphatic rings. The third kappa shape index (κ3) is 3.44. The number of ether oxygens (including phenoxy) is 1. The molecule has 0 fully saturated rings. The molecule has 0 aliphatic carbocycles. The van der Waals surface area contributed by atoms with Gasteiger partial charge in [0.15, 0.2) is 5.13 Å². The van der Waals surface area contributed by atoms with Gasteiger partial charge in [-0.05, 0) is 50.2 Å². The van der Waals surface area contributed by atoms with Crippen molar-refractivity contribution < 1.29 is 9.53 Å². The topological polar surface area (TPSA) is 64.1 Å². The van der Waals surface area contributed by atoms with Gasteiger partial charge in [-0.2, -0.15) is 0 Å². The smallest absolute Gasteiger partial charge is 0.276 e. The van der Waals surface area contributed by atoms with Gasteiger partial charge in [0.1, 0.15) is 11.4 Å². The number of amides is 1. The highest BCUT2D eigenvalue weighted by Crippen LogP contribution is 2.31. The van der Waals surface area contributed by atoms with Crippen molar-refractivity contribution in [2.75, 3.05) is 12.4 Å². The summed E-state index contributed by atoms with van der Waals surface area (Å²) in [5.74, 6) is 0.541. The van der Waals surface area contributed by atoms with Crippen LogP contribution in [0.3, 0.4) is 0 Å². The standard InChI is InChI=1S/C18H17N3O2S/c1-11-5-4-6-15(19-11)17(22)21-18-20-16(12(2)24-18)13-7-9-14(23-3)10-8-13/h4-10H,1-3H3,(H,20,21,22). The molecule has 0 saturated heterocycles. The Morgan fingerprint density at radius 1 is 1.08 bits per heavy atom. The van der Waals surface area contributed by atoms with Gasteiger partial charge < -0.3 is 4.74 Å². The third-order valence-electron chi connectivity index (χ3n) is 3.50. The molecule has 0 radical (unpaired) electrons. The van der Waals surface area contributed by atoms with E-state index in [1.54, 1.807) is 13.2 Å². The van der Waals surface area contributed by atoms with Gasteiger partial charge in [0.05, 0.1) is 12.8 Å². The van der Waals surface area contributed by atoms with Crippen LogP contribution >= 0.6 is 11.3 Å².